The summed E-state index contributed by atoms with van der Waals surface area (Å²) < 4.78 is 14.2. The molecule has 1 atom stereocenters. The first-order valence-electron chi connectivity index (χ1n) is 12.4. The average molecular weight is 626 g/mol. The number of allylic oxidation sites excluding steroid dienone is 1. The van der Waals surface area contributed by atoms with Gasteiger partial charge in [0.1, 0.15) is 18.4 Å². The first kappa shape index (κ1) is 27.3. The van der Waals surface area contributed by atoms with Gasteiger partial charge >= 0.3 is 5.97 Å². The lowest BCUT2D eigenvalue weighted by molar-refractivity contribution is -0.139. The number of halogens is 2. The van der Waals surface area contributed by atoms with Crippen molar-refractivity contribution in [2.24, 2.45) is 0 Å². The number of carbonyl (C=O) groups excluding carboxylic acids is 1. The fourth-order valence-electron chi connectivity index (χ4n) is 4.27. The Morgan fingerprint density at radius 1 is 1.13 bits per heavy atom. The van der Waals surface area contributed by atoms with Gasteiger partial charge in [-0.25, -0.2) is 9.48 Å². The number of anilines is 1. The zero-order chi connectivity index (χ0) is 27.4. The number of thioether (sulfide) groups is 1. The minimum Gasteiger partial charge on any atom is -0.489 e. The van der Waals surface area contributed by atoms with Crippen molar-refractivity contribution in [2.45, 2.75) is 37.4 Å². The zero-order valence-electron chi connectivity index (χ0n) is 21.4. The van der Waals surface area contributed by atoms with Gasteiger partial charge in [0.2, 0.25) is 11.1 Å². The van der Waals surface area contributed by atoms with Crippen LogP contribution in [0.15, 0.2) is 93.7 Å². The van der Waals surface area contributed by atoms with Gasteiger partial charge in [0, 0.05) is 20.9 Å². The average Bonchev–Trinajstić information content (AvgIpc) is 3.33. The van der Waals surface area contributed by atoms with Crippen LogP contribution >= 0.6 is 39.3 Å². The van der Waals surface area contributed by atoms with E-state index in [1.54, 1.807) is 11.6 Å². The van der Waals surface area contributed by atoms with Crippen LogP contribution in [0.3, 0.4) is 0 Å². The number of nitrogens with one attached hydrogen (secondary N) is 1. The van der Waals surface area contributed by atoms with Crippen molar-refractivity contribution < 1.29 is 14.3 Å². The number of carbonyl (C=O) groups is 1. The predicted octanol–water partition coefficient (Wildman–Crippen LogP) is 7.42. The fraction of sp³-hybridized carbons (Fsp3) is 0.207. The summed E-state index contributed by atoms with van der Waals surface area (Å²) in [6.45, 7) is 4.36. The molecule has 3 aromatic carbocycles. The molecule has 0 bridgehead atoms. The molecule has 0 saturated carbocycles. The van der Waals surface area contributed by atoms with E-state index in [1.807, 2.05) is 79.7 Å². The lowest BCUT2D eigenvalue weighted by Crippen LogP contribution is -2.29. The standard InChI is InChI=1S/C29H26BrClN4O3S/c1-3-37-27(36)25-18(2)32-28-33-29(39-17-21-8-4-5-10-24(21)31)34-35(28)26(25)20-11-13-23(14-12-20)38-16-19-7-6-9-22(30)15-19/h4-15,26H,3,16-17H2,1-2H3,(H,32,33,34). The smallest absolute Gasteiger partial charge is 0.338 e. The van der Waals surface area contributed by atoms with Crippen molar-refractivity contribution in [2.75, 3.05) is 11.9 Å². The maximum absolute atomic E-state index is 13.1. The normalized spacial score (nSPS) is 14.5. The molecule has 1 aliphatic heterocycles. The molecule has 1 unspecified atom stereocenters. The fourth-order valence-corrected chi connectivity index (χ4v) is 5.83. The molecule has 0 spiro atoms. The van der Waals surface area contributed by atoms with Gasteiger partial charge in [0.25, 0.3) is 0 Å². The van der Waals surface area contributed by atoms with Gasteiger partial charge in [-0.05, 0) is 60.9 Å². The Morgan fingerprint density at radius 2 is 1.92 bits per heavy atom. The topological polar surface area (TPSA) is 78.3 Å². The lowest BCUT2D eigenvalue weighted by atomic mass is 9.96. The van der Waals surface area contributed by atoms with Gasteiger partial charge in [-0.1, -0.05) is 81.8 Å². The molecule has 0 fully saturated rings. The van der Waals surface area contributed by atoms with E-state index in [2.05, 4.69) is 21.2 Å². The van der Waals surface area contributed by atoms with E-state index in [9.17, 15) is 4.79 Å². The SMILES string of the molecule is CCOC(=O)C1=C(C)Nc2nc(SCc3ccccc3Cl)nn2C1c1ccc(OCc2cccc(Br)c2)cc1. The van der Waals surface area contributed by atoms with Gasteiger partial charge in [-0.3, -0.25) is 0 Å². The third-order valence-corrected chi connectivity index (χ3v) is 7.88. The van der Waals surface area contributed by atoms with Crippen molar-refractivity contribution in [3.05, 3.63) is 110 Å². The summed E-state index contributed by atoms with van der Waals surface area (Å²) in [4.78, 5) is 17.8. The first-order valence-corrected chi connectivity index (χ1v) is 14.5. The van der Waals surface area contributed by atoms with Crippen molar-refractivity contribution in [3.63, 3.8) is 0 Å². The molecule has 200 valence electrons. The molecule has 0 radical (unpaired) electrons. The number of fused-ring (bicyclic) bond motifs is 1. The molecule has 10 heteroatoms. The molecular weight excluding hydrogens is 600 g/mol. The Morgan fingerprint density at radius 3 is 2.67 bits per heavy atom. The number of esters is 1. The van der Waals surface area contributed by atoms with Crippen LogP contribution in [0.5, 0.6) is 5.75 Å². The number of rotatable bonds is 9. The van der Waals surface area contributed by atoms with E-state index in [-0.39, 0.29) is 6.61 Å². The summed E-state index contributed by atoms with van der Waals surface area (Å²) in [5.74, 6) is 1.51. The number of ether oxygens (including phenoxy) is 2. The number of hydrogen-bond acceptors (Lipinski definition) is 7. The number of hydrogen-bond donors (Lipinski definition) is 1. The Bertz CT molecular complexity index is 1520. The molecule has 0 aliphatic carbocycles. The van der Waals surface area contributed by atoms with E-state index in [0.717, 1.165) is 26.9 Å². The monoisotopic (exact) mass is 624 g/mol. The van der Waals surface area contributed by atoms with E-state index in [0.29, 0.717) is 39.8 Å². The second-order valence-electron chi connectivity index (χ2n) is 8.82. The Kier molecular flexibility index (Phi) is 8.60. The third kappa shape index (κ3) is 6.32. The second-order valence-corrected chi connectivity index (χ2v) is 11.1. The van der Waals surface area contributed by atoms with Crippen LogP contribution in [0.1, 0.15) is 36.6 Å². The van der Waals surface area contributed by atoms with E-state index in [1.165, 1.54) is 11.8 Å². The third-order valence-electron chi connectivity index (χ3n) is 6.13. The largest absolute Gasteiger partial charge is 0.489 e. The van der Waals surface area contributed by atoms with Crippen LogP contribution < -0.4 is 10.1 Å². The molecule has 2 heterocycles. The van der Waals surface area contributed by atoms with Crippen LogP contribution in [0.4, 0.5) is 5.95 Å². The number of nitrogens with zero attached hydrogens (tertiary/aromatic N) is 3. The van der Waals surface area contributed by atoms with E-state index in [4.69, 9.17) is 31.2 Å². The quantitative estimate of drug-likeness (QED) is 0.153. The maximum atomic E-state index is 13.1. The van der Waals surface area contributed by atoms with Gasteiger partial charge < -0.3 is 14.8 Å². The molecule has 1 N–H and O–H groups in total. The Balaban J connectivity index is 1.41. The molecule has 4 aromatic rings. The van der Waals surface area contributed by atoms with E-state index >= 15 is 0 Å². The molecule has 1 aromatic heterocycles. The number of aromatic nitrogens is 3. The van der Waals surface area contributed by atoms with Crippen LogP contribution in [-0.4, -0.2) is 27.3 Å². The van der Waals surface area contributed by atoms with Crippen LogP contribution in [0.2, 0.25) is 5.02 Å². The highest BCUT2D eigenvalue weighted by Crippen LogP contribution is 2.38. The molecular formula is C29H26BrClN4O3S. The Labute approximate surface area is 244 Å². The van der Waals surface area contributed by atoms with Crippen molar-refractivity contribution in [1.82, 2.24) is 14.8 Å². The minimum absolute atomic E-state index is 0.272. The molecule has 0 amide bonds. The lowest BCUT2D eigenvalue weighted by Gasteiger charge is -2.28. The number of benzene rings is 3. The van der Waals surface area contributed by atoms with Crippen LogP contribution in [0, 0.1) is 0 Å². The summed E-state index contributed by atoms with van der Waals surface area (Å²) in [7, 11) is 0. The van der Waals surface area contributed by atoms with Crippen LogP contribution in [0.25, 0.3) is 0 Å². The molecule has 1 aliphatic rings. The summed E-state index contributed by atoms with van der Waals surface area (Å²) in [5.41, 5.74) is 4.09. The van der Waals surface area contributed by atoms with Gasteiger partial charge in [-0.15, -0.1) is 5.10 Å². The van der Waals surface area contributed by atoms with Crippen molar-refractivity contribution >= 4 is 51.2 Å². The predicted molar refractivity (Wildman–Crippen MR) is 157 cm³/mol. The molecule has 7 nitrogen and oxygen atoms in total. The summed E-state index contributed by atoms with van der Waals surface area (Å²) in [6, 6.07) is 22.9. The van der Waals surface area contributed by atoms with Crippen LogP contribution in [-0.2, 0) is 21.9 Å². The first-order chi connectivity index (χ1) is 18.9. The highest BCUT2D eigenvalue weighted by atomic mass is 79.9. The van der Waals surface area contributed by atoms with E-state index < -0.39 is 12.0 Å². The van der Waals surface area contributed by atoms with Crippen molar-refractivity contribution in [1.29, 1.82) is 0 Å². The molecule has 5 rings (SSSR count). The molecule has 39 heavy (non-hydrogen) atoms. The summed E-state index contributed by atoms with van der Waals surface area (Å²) >= 11 is 11.3. The minimum atomic E-state index is -0.512. The highest BCUT2D eigenvalue weighted by molar-refractivity contribution is 9.10. The maximum Gasteiger partial charge on any atom is 0.338 e. The van der Waals surface area contributed by atoms with Gasteiger partial charge in [0.15, 0.2) is 0 Å². The molecule has 0 saturated heterocycles. The van der Waals surface area contributed by atoms with Crippen molar-refractivity contribution in [3.8, 4) is 5.75 Å². The zero-order valence-corrected chi connectivity index (χ0v) is 24.5. The van der Waals surface area contributed by atoms with Gasteiger partial charge in [-0.2, -0.15) is 4.98 Å². The Hall–Kier alpha value is -3.27. The van der Waals surface area contributed by atoms with Gasteiger partial charge in [0.05, 0.1) is 12.2 Å². The summed E-state index contributed by atoms with van der Waals surface area (Å²) in [6.07, 6.45) is 0. The second kappa shape index (κ2) is 12.3. The summed E-state index contributed by atoms with van der Waals surface area (Å²) in [5, 5.41) is 9.29. The highest BCUT2D eigenvalue weighted by Gasteiger charge is 2.35.